The molecule has 0 radical (unpaired) electrons. The lowest BCUT2D eigenvalue weighted by Gasteiger charge is -2.22. The Kier molecular flexibility index (Phi) is 6.02. The van der Waals surface area contributed by atoms with Crippen LogP contribution in [0.15, 0.2) is 24.3 Å². The summed E-state index contributed by atoms with van der Waals surface area (Å²) in [5.41, 5.74) is 7.82. The van der Waals surface area contributed by atoms with Crippen LogP contribution >= 0.6 is 0 Å². The van der Waals surface area contributed by atoms with Crippen molar-refractivity contribution in [1.29, 1.82) is 0 Å². The molecule has 1 amide bonds. The second-order valence-corrected chi connectivity index (χ2v) is 5.86. The topological polar surface area (TPSA) is 49.6 Å². The predicted octanol–water partition coefficient (Wildman–Crippen LogP) is 2.20. The Morgan fingerprint density at radius 2 is 1.70 bits per heavy atom. The van der Waals surface area contributed by atoms with Gasteiger partial charge in [0.25, 0.3) is 5.91 Å². The summed E-state index contributed by atoms with van der Waals surface area (Å²) in [7, 11) is 5.79. The number of carbonyl (C=O) groups excluding carboxylic acids is 1. The quantitative estimate of drug-likeness (QED) is 0.867. The van der Waals surface area contributed by atoms with E-state index in [0.29, 0.717) is 12.5 Å². The first-order valence-corrected chi connectivity index (χ1v) is 7.11. The lowest BCUT2D eigenvalue weighted by atomic mass is 10.0. The Morgan fingerprint density at radius 3 is 2.15 bits per heavy atom. The highest BCUT2D eigenvalue weighted by Gasteiger charge is 2.14. The second-order valence-electron chi connectivity index (χ2n) is 5.86. The molecule has 0 heterocycles. The first kappa shape index (κ1) is 16.5. The van der Waals surface area contributed by atoms with Crippen LogP contribution in [0.3, 0.4) is 0 Å². The maximum atomic E-state index is 12.3. The van der Waals surface area contributed by atoms with Crippen molar-refractivity contribution in [2.24, 2.45) is 11.7 Å². The number of nitrogens with two attached hydrogens (primary N) is 1. The maximum absolute atomic E-state index is 12.3. The SMILES string of the molecule is CC(C)C(N)CCN(C)C(=O)c1ccc(N(C)C)cc1. The Balaban J connectivity index is 2.60. The molecule has 112 valence electrons. The summed E-state index contributed by atoms with van der Waals surface area (Å²) >= 11 is 0. The van der Waals surface area contributed by atoms with Crippen molar-refractivity contribution in [3.8, 4) is 0 Å². The molecule has 0 aliphatic rings. The molecule has 0 saturated heterocycles. The molecular formula is C16H27N3O. The third-order valence-corrected chi connectivity index (χ3v) is 3.63. The third-order valence-electron chi connectivity index (χ3n) is 3.63. The molecule has 0 spiro atoms. The van der Waals surface area contributed by atoms with Gasteiger partial charge in [0.05, 0.1) is 0 Å². The molecule has 0 fully saturated rings. The lowest BCUT2D eigenvalue weighted by Crippen LogP contribution is -2.34. The highest BCUT2D eigenvalue weighted by atomic mass is 16.2. The van der Waals surface area contributed by atoms with Gasteiger partial charge in [0.15, 0.2) is 0 Å². The van der Waals surface area contributed by atoms with Crippen molar-refractivity contribution >= 4 is 11.6 Å². The van der Waals surface area contributed by atoms with Crippen molar-refractivity contribution in [3.63, 3.8) is 0 Å². The third kappa shape index (κ3) is 4.53. The summed E-state index contributed by atoms with van der Waals surface area (Å²) in [5, 5.41) is 0. The maximum Gasteiger partial charge on any atom is 0.253 e. The average Bonchev–Trinajstić information content (AvgIpc) is 2.43. The largest absolute Gasteiger partial charge is 0.378 e. The van der Waals surface area contributed by atoms with Crippen LogP contribution in [-0.4, -0.2) is 44.5 Å². The van der Waals surface area contributed by atoms with Gasteiger partial charge < -0.3 is 15.5 Å². The first-order chi connectivity index (χ1) is 9.32. The summed E-state index contributed by atoms with van der Waals surface area (Å²) < 4.78 is 0. The summed E-state index contributed by atoms with van der Waals surface area (Å²) in [5.74, 6) is 0.490. The van der Waals surface area contributed by atoms with Gasteiger partial charge in [-0.1, -0.05) is 13.8 Å². The Hall–Kier alpha value is -1.55. The molecule has 4 nitrogen and oxygen atoms in total. The van der Waals surface area contributed by atoms with E-state index in [1.165, 1.54) is 0 Å². The van der Waals surface area contributed by atoms with Crippen LogP contribution in [0.1, 0.15) is 30.6 Å². The van der Waals surface area contributed by atoms with Gasteiger partial charge in [0.2, 0.25) is 0 Å². The Bertz CT molecular complexity index is 426. The number of nitrogens with zero attached hydrogens (tertiary/aromatic N) is 2. The monoisotopic (exact) mass is 277 g/mol. The molecule has 0 aliphatic carbocycles. The molecule has 1 atom stereocenters. The lowest BCUT2D eigenvalue weighted by molar-refractivity contribution is 0.0789. The van der Waals surface area contributed by atoms with E-state index in [4.69, 9.17) is 5.73 Å². The van der Waals surface area contributed by atoms with Gasteiger partial charge in [-0.2, -0.15) is 0 Å². The van der Waals surface area contributed by atoms with Crippen molar-refractivity contribution < 1.29 is 4.79 Å². The number of carbonyl (C=O) groups is 1. The van der Waals surface area contributed by atoms with E-state index in [0.717, 1.165) is 17.7 Å². The van der Waals surface area contributed by atoms with Gasteiger partial charge in [-0.25, -0.2) is 0 Å². The molecular weight excluding hydrogens is 250 g/mol. The van der Waals surface area contributed by atoms with Gasteiger partial charge in [-0.05, 0) is 36.6 Å². The average molecular weight is 277 g/mol. The van der Waals surface area contributed by atoms with Gasteiger partial charge in [-0.15, -0.1) is 0 Å². The van der Waals surface area contributed by atoms with E-state index in [-0.39, 0.29) is 11.9 Å². The molecule has 1 unspecified atom stereocenters. The van der Waals surface area contributed by atoms with E-state index in [1.807, 2.05) is 50.3 Å². The van der Waals surface area contributed by atoms with Crippen LogP contribution in [-0.2, 0) is 0 Å². The van der Waals surface area contributed by atoms with Crippen molar-refractivity contribution in [2.75, 3.05) is 32.6 Å². The van der Waals surface area contributed by atoms with Gasteiger partial charge in [0.1, 0.15) is 0 Å². The summed E-state index contributed by atoms with van der Waals surface area (Å²) in [4.78, 5) is 16.0. The minimum absolute atomic E-state index is 0.0475. The Morgan fingerprint density at radius 1 is 1.15 bits per heavy atom. The number of hydrogen-bond donors (Lipinski definition) is 1. The molecule has 1 aromatic rings. The molecule has 20 heavy (non-hydrogen) atoms. The number of rotatable bonds is 6. The van der Waals surface area contributed by atoms with Gasteiger partial charge in [-0.3, -0.25) is 4.79 Å². The molecule has 0 aromatic heterocycles. The zero-order valence-electron chi connectivity index (χ0n) is 13.3. The van der Waals surface area contributed by atoms with Crippen molar-refractivity contribution in [1.82, 2.24) is 4.90 Å². The number of hydrogen-bond acceptors (Lipinski definition) is 3. The predicted molar refractivity (Wildman–Crippen MR) is 85.2 cm³/mol. The summed E-state index contributed by atoms with van der Waals surface area (Å²) in [6.45, 7) is 4.90. The van der Waals surface area contributed by atoms with Crippen LogP contribution in [0, 0.1) is 5.92 Å². The molecule has 0 saturated carbocycles. The van der Waals surface area contributed by atoms with Crippen molar-refractivity contribution in [2.45, 2.75) is 26.3 Å². The van der Waals surface area contributed by atoms with Crippen LogP contribution in [0.25, 0.3) is 0 Å². The zero-order valence-corrected chi connectivity index (χ0v) is 13.3. The van der Waals surface area contributed by atoms with E-state index in [1.54, 1.807) is 4.90 Å². The fourth-order valence-corrected chi connectivity index (χ4v) is 1.90. The molecule has 1 aromatic carbocycles. The minimum atomic E-state index is 0.0475. The smallest absolute Gasteiger partial charge is 0.253 e. The molecule has 2 N–H and O–H groups in total. The van der Waals surface area contributed by atoms with E-state index >= 15 is 0 Å². The van der Waals surface area contributed by atoms with Crippen LogP contribution in [0.5, 0.6) is 0 Å². The summed E-state index contributed by atoms with van der Waals surface area (Å²) in [6, 6.07) is 7.80. The molecule has 4 heteroatoms. The highest BCUT2D eigenvalue weighted by Crippen LogP contribution is 2.14. The number of benzene rings is 1. The first-order valence-electron chi connectivity index (χ1n) is 7.11. The van der Waals surface area contributed by atoms with E-state index in [2.05, 4.69) is 13.8 Å². The highest BCUT2D eigenvalue weighted by molar-refractivity contribution is 5.94. The standard InChI is InChI=1S/C16H27N3O/c1-12(2)15(17)10-11-19(5)16(20)13-6-8-14(9-7-13)18(3)4/h6-9,12,15H,10-11,17H2,1-5H3. The molecule has 0 aliphatic heterocycles. The fourth-order valence-electron chi connectivity index (χ4n) is 1.90. The number of anilines is 1. The van der Waals surface area contributed by atoms with Crippen LogP contribution < -0.4 is 10.6 Å². The minimum Gasteiger partial charge on any atom is -0.378 e. The second kappa shape index (κ2) is 7.29. The Labute approximate surface area is 122 Å². The fraction of sp³-hybridized carbons (Fsp3) is 0.562. The van der Waals surface area contributed by atoms with Gasteiger partial charge in [0, 0.05) is 45.0 Å². The zero-order chi connectivity index (χ0) is 15.3. The molecule has 0 bridgehead atoms. The van der Waals surface area contributed by atoms with E-state index < -0.39 is 0 Å². The summed E-state index contributed by atoms with van der Waals surface area (Å²) in [6.07, 6.45) is 0.829. The van der Waals surface area contributed by atoms with Crippen LogP contribution in [0.4, 0.5) is 5.69 Å². The van der Waals surface area contributed by atoms with E-state index in [9.17, 15) is 4.79 Å². The normalized spacial score (nSPS) is 12.3. The van der Waals surface area contributed by atoms with Crippen molar-refractivity contribution in [3.05, 3.63) is 29.8 Å². The van der Waals surface area contributed by atoms with Gasteiger partial charge >= 0.3 is 0 Å². The number of amides is 1. The van der Waals surface area contributed by atoms with Crippen LogP contribution in [0.2, 0.25) is 0 Å². The molecule has 1 rings (SSSR count).